The van der Waals surface area contributed by atoms with Crippen molar-refractivity contribution in [2.45, 2.75) is 24.8 Å². The van der Waals surface area contributed by atoms with Crippen molar-refractivity contribution < 1.29 is 8.42 Å². The van der Waals surface area contributed by atoms with E-state index < -0.39 is 10.0 Å². The summed E-state index contributed by atoms with van der Waals surface area (Å²) in [5, 5.41) is 4.10. The molecule has 0 saturated heterocycles. The van der Waals surface area contributed by atoms with Gasteiger partial charge < -0.3 is 4.57 Å². The van der Waals surface area contributed by atoms with Crippen LogP contribution in [-0.2, 0) is 17.1 Å². The molecule has 3 rings (SSSR count). The van der Waals surface area contributed by atoms with Crippen molar-refractivity contribution in [1.82, 2.24) is 19.1 Å². The van der Waals surface area contributed by atoms with E-state index in [4.69, 9.17) is 0 Å². The lowest BCUT2D eigenvalue weighted by Crippen LogP contribution is -2.27. The molecule has 1 aromatic carbocycles. The first kappa shape index (κ1) is 16.5. The standard InChI is InChI=1S/C17H20N4O2S/c1-13(19-24(22,23)17-12-20(3)18-14(17)2)15-7-6-8-16(11-15)21-9-4-5-10-21/h4-13,19H,1-3H3/t13-/m0/s1. The van der Waals surface area contributed by atoms with E-state index in [1.165, 1.54) is 10.9 Å². The van der Waals surface area contributed by atoms with Crippen LogP contribution in [0.25, 0.3) is 5.69 Å². The van der Waals surface area contributed by atoms with Crippen molar-refractivity contribution in [2.24, 2.45) is 7.05 Å². The Morgan fingerprint density at radius 1 is 1.17 bits per heavy atom. The number of aromatic nitrogens is 3. The third kappa shape index (κ3) is 3.27. The molecule has 0 unspecified atom stereocenters. The quantitative estimate of drug-likeness (QED) is 0.773. The van der Waals surface area contributed by atoms with Gasteiger partial charge in [-0.05, 0) is 43.7 Å². The number of hydrogen-bond donors (Lipinski definition) is 1. The molecule has 6 nitrogen and oxygen atoms in total. The normalized spacial score (nSPS) is 13.1. The van der Waals surface area contributed by atoms with E-state index in [-0.39, 0.29) is 10.9 Å². The highest BCUT2D eigenvalue weighted by atomic mass is 32.2. The van der Waals surface area contributed by atoms with Crippen LogP contribution < -0.4 is 4.72 Å². The van der Waals surface area contributed by atoms with E-state index in [1.54, 1.807) is 14.0 Å². The smallest absolute Gasteiger partial charge is 0.244 e. The summed E-state index contributed by atoms with van der Waals surface area (Å²) in [6.07, 6.45) is 5.42. The minimum Gasteiger partial charge on any atom is -0.324 e. The van der Waals surface area contributed by atoms with Crippen LogP contribution in [0.4, 0.5) is 0 Å². The van der Waals surface area contributed by atoms with Crippen LogP contribution in [-0.4, -0.2) is 22.8 Å². The predicted molar refractivity (Wildman–Crippen MR) is 92.5 cm³/mol. The van der Waals surface area contributed by atoms with Gasteiger partial charge in [0.15, 0.2) is 0 Å². The van der Waals surface area contributed by atoms with Gasteiger partial charge in [0.25, 0.3) is 0 Å². The van der Waals surface area contributed by atoms with Crippen LogP contribution in [0.1, 0.15) is 24.2 Å². The van der Waals surface area contributed by atoms with Crippen molar-refractivity contribution in [1.29, 1.82) is 0 Å². The molecule has 7 heteroatoms. The summed E-state index contributed by atoms with van der Waals surface area (Å²) in [6.45, 7) is 3.52. The zero-order chi connectivity index (χ0) is 17.3. The van der Waals surface area contributed by atoms with Crippen LogP contribution in [0.3, 0.4) is 0 Å². The number of sulfonamides is 1. The SMILES string of the molecule is Cc1nn(C)cc1S(=O)(=O)N[C@@H](C)c1cccc(-n2cccc2)c1. The average molecular weight is 344 g/mol. The van der Waals surface area contributed by atoms with E-state index in [0.717, 1.165) is 11.3 Å². The first-order valence-corrected chi connectivity index (χ1v) is 9.11. The van der Waals surface area contributed by atoms with Gasteiger partial charge in [0.05, 0.1) is 5.69 Å². The lowest BCUT2D eigenvalue weighted by molar-refractivity contribution is 0.566. The largest absolute Gasteiger partial charge is 0.324 e. The van der Waals surface area contributed by atoms with E-state index >= 15 is 0 Å². The Balaban J connectivity index is 1.86. The molecule has 24 heavy (non-hydrogen) atoms. The predicted octanol–water partition coefficient (Wildman–Crippen LogP) is 2.56. The Bertz CT molecular complexity index is 943. The minimum atomic E-state index is -3.62. The zero-order valence-electron chi connectivity index (χ0n) is 13.8. The summed E-state index contributed by atoms with van der Waals surface area (Å²) in [7, 11) is -1.92. The molecule has 0 amide bonds. The molecule has 0 spiro atoms. The third-order valence-corrected chi connectivity index (χ3v) is 5.51. The molecule has 0 aliphatic rings. The highest BCUT2D eigenvalue weighted by Crippen LogP contribution is 2.21. The number of nitrogens with zero attached hydrogens (tertiary/aromatic N) is 3. The van der Waals surface area contributed by atoms with Crippen LogP contribution in [0.2, 0.25) is 0 Å². The maximum Gasteiger partial charge on any atom is 0.244 e. The Hall–Kier alpha value is -2.38. The molecule has 2 aromatic heterocycles. The second-order valence-corrected chi connectivity index (χ2v) is 7.46. The van der Waals surface area contributed by atoms with Crippen molar-refractivity contribution >= 4 is 10.0 Å². The molecular weight excluding hydrogens is 324 g/mol. The summed E-state index contributed by atoms with van der Waals surface area (Å²) in [6, 6.07) is 11.3. The van der Waals surface area contributed by atoms with Gasteiger partial charge in [-0.1, -0.05) is 12.1 Å². The molecule has 0 fully saturated rings. The summed E-state index contributed by atoms with van der Waals surface area (Å²) >= 11 is 0. The van der Waals surface area contributed by atoms with E-state index in [9.17, 15) is 8.42 Å². The van der Waals surface area contributed by atoms with Crippen molar-refractivity contribution in [3.63, 3.8) is 0 Å². The highest BCUT2D eigenvalue weighted by molar-refractivity contribution is 7.89. The Kier molecular flexibility index (Phi) is 4.29. The molecule has 0 bridgehead atoms. The highest BCUT2D eigenvalue weighted by Gasteiger charge is 2.22. The van der Waals surface area contributed by atoms with Gasteiger partial charge in [0.2, 0.25) is 10.0 Å². The van der Waals surface area contributed by atoms with Gasteiger partial charge in [-0.2, -0.15) is 5.10 Å². The minimum absolute atomic E-state index is 0.207. The molecule has 126 valence electrons. The lowest BCUT2D eigenvalue weighted by Gasteiger charge is -2.15. The van der Waals surface area contributed by atoms with Crippen molar-refractivity contribution in [3.8, 4) is 5.69 Å². The second-order valence-electron chi connectivity index (χ2n) is 5.78. The van der Waals surface area contributed by atoms with E-state index in [1.807, 2.05) is 60.3 Å². The number of hydrogen-bond acceptors (Lipinski definition) is 3. The summed E-state index contributed by atoms with van der Waals surface area (Å²) in [4.78, 5) is 0.207. The van der Waals surface area contributed by atoms with Crippen molar-refractivity contribution in [2.75, 3.05) is 0 Å². The van der Waals surface area contributed by atoms with Crippen LogP contribution in [0.15, 0.2) is 59.9 Å². The zero-order valence-corrected chi connectivity index (χ0v) is 14.7. The summed E-state index contributed by atoms with van der Waals surface area (Å²) in [5.41, 5.74) is 2.37. The Morgan fingerprint density at radius 3 is 2.50 bits per heavy atom. The molecule has 1 N–H and O–H groups in total. The molecular formula is C17H20N4O2S. The monoisotopic (exact) mass is 344 g/mol. The molecule has 1 atom stereocenters. The maximum atomic E-state index is 12.6. The number of aryl methyl sites for hydroxylation is 2. The maximum absolute atomic E-state index is 12.6. The summed E-state index contributed by atoms with van der Waals surface area (Å²) in [5.74, 6) is 0. The number of rotatable bonds is 5. The first-order valence-electron chi connectivity index (χ1n) is 7.63. The van der Waals surface area contributed by atoms with Gasteiger partial charge in [-0.3, -0.25) is 4.68 Å². The molecule has 0 aliphatic carbocycles. The van der Waals surface area contributed by atoms with Gasteiger partial charge >= 0.3 is 0 Å². The topological polar surface area (TPSA) is 68.9 Å². The fraction of sp³-hybridized carbons (Fsp3) is 0.235. The van der Waals surface area contributed by atoms with Crippen LogP contribution >= 0.6 is 0 Å². The molecule has 0 radical (unpaired) electrons. The van der Waals surface area contributed by atoms with Gasteiger partial charge in [-0.25, -0.2) is 13.1 Å². The molecule has 0 saturated carbocycles. The van der Waals surface area contributed by atoms with Crippen LogP contribution in [0, 0.1) is 6.92 Å². The lowest BCUT2D eigenvalue weighted by atomic mass is 10.1. The average Bonchev–Trinajstić information content (AvgIpc) is 3.17. The summed E-state index contributed by atoms with van der Waals surface area (Å²) < 4.78 is 31.4. The van der Waals surface area contributed by atoms with Crippen molar-refractivity contribution in [3.05, 3.63) is 66.2 Å². The molecule has 2 heterocycles. The number of nitrogens with one attached hydrogen (secondary N) is 1. The Labute approximate surface area is 141 Å². The second kappa shape index (κ2) is 6.26. The Morgan fingerprint density at radius 2 is 1.88 bits per heavy atom. The third-order valence-electron chi connectivity index (χ3n) is 3.86. The first-order chi connectivity index (χ1) is 11.4. The fourth-order valence-electron chi connectivity index (χ4n) is 2.67. The van der Waals surface area contributed by atoms with Gasteiger partial charge in [-0.15, -0.1) is 0 Å². The van der Waals surface area contributed by atoms with Gasteiger partial charge in [0.1, 0.15) is 4.90 Å². The van der Waals surface area contributed by atoms with E-state index in [0.29, 0.717) is 5.69 Å². The van der Waals surface area contributed by atoms with Gasteiger partial charge in [0, 0.05) is 37.4 Å². The van der Waals surface area contributed by atoms with E-state index in [2.05, 4.69) is 9.82 Å². The fourth-order valence-corrected chi connectivity index (χ4v) is 4.12. The van der Waals surface area contributed by atoms with Crippen LogP contribution in [0.5, 0.6) is 0 Å². The molecule has 3 aromatic rings. The number of benzene rings is 1. The molecule has 0 aliphatic heterocycles.